The normalized spacial score (nSPS) is 18.4. The summed E-state index contributed by atoms with van der Waals surface area (Å²) in [5.41, 5.74) is 0. The Hall–Kier alpha value is -2.11. The van der Waals surface area contributed by atoms with Crippen molar-refractivity contribution in [3.63, 3.8) is 0 Å². The third kappa shape index (κ3) is 3.16. The molecule has 0 aromatic carbocycles. The highest BCUT2D eigenvalue weighted by Gasteiger charge is 2.38. The first-order valence-electron chi connectivity index (χ1n) is 8.49. The van der Waals surface area contributed by atoms with Gasteiger partial charge in [-0.2, -0.15) is 4.98 Å². The van der Waals surface area contributed by atoms with Gasteiger partial charge < -0.3 is 13.8 Å². The summed E-state index contributed by atoms with van der Waals surface area (Å²) < 4.78 is 10.5. The maximum atomic E-state index is 12.6. The van der Waals surface area contributed by atoms with E-state index in [-0.39, 0.29) is 5.91 Å². The Morgan fingerprint density at radius 3 is 2.70 bits per heavy atom. The molecule has 2 aliphatic carbocycles. The predicted octanol–water partition coefficient (Wildman–Crippen LogP) is 3.20. The van der Waals surface area contributed by atoms with Crippen molar-refractivity contribution >= 4 is 5.91 Å². The van der Waals surface area contributed by atoms with E-state index in [0.717, 1.165) is 25.7 Å². The summed E-state index contributed by atoms with van der Waals surface area (Å²) in [7, 11) is 0. The van der Waals surface area contributed by atoms with Crippen LogP contribution in [0.15, 0.2) is 27.3 Å². The lowest BCUT2D eigenvalue weighted by Crippen LogP contribution is -2.40. The summed E-state index contributed by atoms with van der Waals surface area (Å²) >= 11 is 0. The number of aryl methyl sites for hydroxylation is 1. The van der Waals surface area contributed by atoms with Crippen molar-refractivity contribution in [1.29, 1.82) is 0 Å². The third-order valence-electron chi connectivity index (χ3n) is 4.71. The SMILES string of the molecule is O=C(CCc1nc(-c2ccco2)no1)N(C1CCCC1)C1CC1. The molecule has 4 rings (SSSR count). The smallest absolute Gasteiger partial charge is 0.238 e. The first-order chi connectivity index (χ1) is 11.3. The van der Waals surface area contributed by atoms with Gasteiger partial charge in [-0.3, -0.25) is 4.79 Å². The molecular formula is C17H21N3O3. The molecule has 2 saturated carbocycles. The van der Waals surface area contributed by atoms with Crippen LogP contribution in [0.5, 0.6) is 0 Å². The standard InChI is InChI=1S/C17H21N3O3/c21-16(20(13-7-8-13)12-4-1-2-5-12)10-9-15-18-17(19-23-15)14-6-3-11-22-14/h3,6,11-13H,1-2,4-5,7-10H2. The number of carbonyl (C=O) groups is 1. The highest BCUT2D eigenvalue weighted by molar-refractivity contribution is 5.77. The lowest BCUT2D eigenvalue weighted by Gasteiger charge is -2.29. The van der Waals surface area contributed by atoms with Crippen molar-refractivity contribution in [1.82, 2.24) is 15.0 Å². The van der Waals surface area contributed by atoms with Crippen LogP contribution < -0.4 is 0 Å². The Morgan fingerprint density at radius 2 is 2.00 bits per heavy atom. The molecule has 2 aromatic rings. The second-order valence-electron chi connectivity index (χ2n) is 6.46. The monoisotopic (exact) mass is 315 g/mol. The molecule has 6 heteroatoms. The fourth-order valence-electron chi connectivity index (χ4n) is 3.45. The van der Waals surface area contributed by atoms with Crippen LogP contribution in [0.3, 0.4) is 0 Å². The largest absolute Gasteiger partial charge is 0.461 e. The van der Waals surface area contributed by atoms with Gasteiger partial charge in [0, 0.05) is 24.9 Å². The summed E-state index contributed by atoms with van der Waals surface area (Å²) in [4.78, 5) is 19.1. The molecule has 2 aliphatic rings. The van der Waals surface area contributed by atoms with Crippen LogP contribution in [-0.4, -0.2) is 33.0 Å². The van der Waals surface area contributed by atoms with Gasteiger partial charge >= 0.3 is 0 Å². The van der Waals surface area contributed by atoms with Crippen LogP contribution in [0, 0.1) is 0 Å². The van der Waals surface area contributed by atoms with Crippen molar-refractivity contribution in [3.05, 3.63) is 24.3 Å². The molecule has 1 amide bonds. The van der Waals surface area contributed by atoms with Gasteiger partial charge in [-0.25, -0.2) is 0 Å². The molecule has 0 unspecified atom stereocenters. The average molecular weight is 315 g/mol. The first kappa shape index (κ1) is 14.5. The molecule has 0 bridgehead atoms. The van der Waals surface area contributed by atoms with Gasteiger partial charge in [0.15, 0.2) is 5.76 Å². The Kier molecular flexibility index (Phi) is 3.89. The highest BCUT2D eigenvalue weighted by atomic mass is 16.5. The number of rotatable bonds is 6. The third-order valence-corrected chi connectivity index (χ3v) is 4.71. The minimum atomic E-state index is 0.233. The van der Waals surface area contributed by atoms with Gasteiger partial charge in [-0.1, -0.05) is 18.0 Å². The molecule has 2 heterocycles. The Labute approximate surface area is 134 Å². The van der Waals surface area contributed by atoms with E-state index in [9.17, 15) is 4.79 Å². The molecule has 0 aliphatic heterocycles. The maximum absolute atomic E-state index is 12.6. The lowest BCUT2D eigenvalue weighted by molar-refractivity contribution is -0.134. The molecule has 0 radical (unpaired) electrons. The van der Waals surface area contributed by atoms with Gasteiger partial charge in [0.25, 0.3) is 0 Å². The Morgan fingerprint density at radius 1 is 1.22 bits per heavy atom. The average Bonchev–Trinajstić information content (AvgIpc) is 3.05. The molecule has 0 saturated heterocycles. The van der Waals surface area contributed by atoms with Gasteiger partial charge in [-0.15, -0.1) is 0 Å². The van der Waals surface area contributed by atoms with Crippen molar-refractivity contribution < 1.29 is 13.7 Å². The van der Waals surface area contributed by atoms with E-state index >= 15 is 0 Å². The van der Waals surface area contributed by atoms with Gasteiger partial charge in [0.1, 0.15) is 0 Å². The van der Waals surface area contributed by atoms with Crippen LogP contribution in [0.2, 0.25) is 0 Å². The topological polar surface area (TPSA) is 72.4 Å². The summed E-state index contributed by atoms with van der Waals surface area (Å²) in [6.45, 7) is 0. The van der Waals surface area contributed by atoms with E-state index < -0.39 is 0 Å². The number of nitrogens with zero attached hydrogens (tertiary/aromatic N) is 3. The number of furan rings is 1. The maximum Gasteiger partial charge on any atom is 0.238 e. The van der Waals surface area contributed by atoms with Gasteiger partial charge in [-0.05, 0) is 37.8 Å². The Bertz CT molecular complexity index is 654. The zero-order chi connectivity index (χ0) is 15.6. The second kappa shape index (κ2) is 6.18. The highest BCUT2D eigenvalue weighted by Crippen LogP contribution is 2.35. The summed E-state index contributed by atoms with van der Waals surface area (Å²) in [5, 5.41) is 3.90. The quantitative estimate of drug-likeness (QED) is 0.818. The van der Waals surface area contributed by atoms with Crippen LogP contribution in [0.4, 0.5) is 0 Å². The van der Waals surface area contributed by atoms with Crippen LogP contribution in [0.1, 0.15) is 50.8 Å². The zero-order valence-corrected chi connectivity index (χ0v) is 13.1. The molecule has 2 aromatic heterocycles. The van der Waals surface area contributed by atoms with E-state index in [4.69, 9.17) is 8.94 Å². The number of amides is 1. The minimum Gasteiger partial charge on any atom is -0.461 e. The predicted molar refractivity (Wildman–Crippen MR) is 82.4 cm³/mol. The molecule has 0 atom stereocenters. The van der Waals surface area contributed by atoms with E-state index in [1.807, 2.05) is 0 Å². The van der Waals surface area contributed by atoms with Gasteiger partial charge in [0.05, 0.1) is 6.26 Å². The number of hydrogen-bond acceptors (Lipinski definition) is 5. The van der Waals surface area contributed by atoms with Crippen molar-refractivity contribution in [2.24, 2.45) is 0 Å². The molecular weight excluding hydrogens is 294 g/mol. The number of aromatic nitrogens is 2. The second-order valence-corrected chi connectivity index (χ2v) is 6.46. The van der Waals surface area contributed by atoms with Crippen molar-refractivity contribution in [2.75, 3.05) is 0 Å². The fraction of sp³-hybridized carbons (Fsp3) is 0.588. The summed E-state index contributed by atoms with van der Waals surface area (Å²) in [6, 6.07) is 4.50. The van der Waals surface area contributed by atoms with Crippen molar-refractivity contribution in [2.45, 2.75) is 63.5 Å². The zero-order valence-electron chi connectivity index (χ0n) is 13.1. The Balaban J connectivity index is 1.37. The molecule has 23 heavy (non-hydrogen) atoms. The minimum absolute atomic E-state index is 0.233. The van der Waals surface area contributed by atoms with Crippen LogP contribution in [0.25, 0.3) is 11.6 Å². The molecule has 122 valence electrons. The molecule has 6 nitrogen and oxygen atoms in total. The molecule has 0 spiro atoms. The van der Waals surface area contributed by atoms with E-state index in [1.165, 1.54) is 12.8 Å². The summed E-state index contributed by atoms with van der Waals surface area (Å²) in [6.07, 6.45) is 9.63. The summed E-state index contributed by atoms with van der Waals surface area (Å²) in [5.74, 6) is 1.74. The molecule has 0 N–H and O–H groups in total. The molecule has 2 fully saturated rings. The van der Waals surface area contributed by atoms with E-state index in [0.29, 0.717) is 42.4 Å². The number of hydrogen-bond donors (Lipinski definition) is 0. The lowest BCUT2D eigenvalue weighted by atomic mass is 10.1. The van der Waals surface area contributed by atoms with Gasteiger partial charge in [0.2, 0.25) is 17.6 Å². The number of carbonyl (C=O) groups excluding carboxylic acids is 1. The first-order valence-corrected chi connectivity index (χ1v) is 8.49. The van der Waals surface area contributed by atoms with E-state index in [2.05, 4.69) is 15.0 Å². The van der Waals surface area contributed by atoms with Crippen LogP contribution in [-0.2, 0) is 11.2 Å². The van der Waals surface area contributed by atoms with E-state index in [1.54, 1.807) is 18.4 Å². The van der Waals surface area contributed by atoms with Crippen molar-refractivity contribution in [3.8, 4) is 11.6 Å². The van der Waals surface area contributed by atoms with Crippen LogP contribution >= 0.6 is 0 Å². The fourth-order valence-corrected chi connectivity index (χ4v) is 3.45.